The SMILES string of the molecule is CCN(CCC1CCCCC1)CC1CCNCC1. The average molecular weight is 252 g/mol. The third kappa shape index (κ3) is 4.89. The molecular weight excluding hydrogens is 220 g/mol. The number of nitrogens with one attached hydrogen (secondary N) is 1. The van der Waals surface area contributed by atoms with Gasteiger partial charge < -0.3 is 10.2 Å². The minimum Gasteiger partial charge on any atom is -0.317 e. The summed E-state index contributed by atoms with van der Waals surface area (Å²) in [5.41, 5.74) is 0. The molecule has 106 valence electrons. The first-order valence-corrected chi connectivity index (χ1v) is 8.31. The molecule has 2 fully saturated rings. The van der Waals surface area contributed by atoms with Gasteiger partial charge in [0, 0.05) is 6.54 Å². The van der Waals surface area contributed by atoms with E-state index < -0.39 is 0 Å². The Bertz CT molecular complexity index is 205. The Balaban J connectivity index is 1.64. The summed E-state index contributed by atoms with van der Waals surface area (Å²) < 4.78 is 0. The fraction of sp³-hybridized carbons (Fsp3) is 1.00. The molecule has 0 spiro atoms. The predicted molar refractivity (Wildman–Crippen MR) is 78.9 cm³/mol. The van der Waals surface area contributed by atoms with Gasteiger partial charge in [-0.2, -0.15) is 0 Å². The maximum atomic E-state index is 3.47. The third-order valence-electron chi connectivity index (χ3n) is 5.00. The van der Waals surface area contributed by atoms with Crippen LogP contribution in [0.15, 0.2) is 0 Å². The topological polar surface area (TPSA) is 15.3 Å². The largest absolute Gasteiger partial charge is 0.317 e. The monoisotopic (exact) mass is 252 g/mol. The second kappa shape index (κ2) is 8.16. The van der Waals surface area contributed by atoms with Crippen molar-refractivity contribution in [1.82, 2.24) is 10.2 Å². The molecule has 0 aromatic rings. The highest BCUT2D eigenvalue weighted by molar-refractivity contribution is 4.73. The molecule has 0 unspecified atom stereocenters. The van der Waals surface area contributed by atoms with Crippen molar-refractivity contribution >= 4 is 0 Å². The Morgan fingerprint density at radius 2 is 1.67 bits per heavy atom. The minimum atomic E-state index is 0.956. The van der Waals surface area contributed by atoms with Crippen LogP contribution in [0, 0.1) is 11.8 Å². The Kier molecular flexibility index (Phi) is 6.50. The predicted octanol–water partition coefficient (Wildman–Crippen LogP) is 3.28. The van der Waals surface area contributed by atoms with Gasteiger partial charge in [0.2, 0.25) is 0 Å². The molecule has 1 aliphatic heterocycles. The summed E-state index contributed by atoms with van der Waals surface area (Å²) in [6, 6.07) is 0. The van der Waals surface area contributed by atoms with E-state index >= 15 is 0 Å². The molecule has 1 aliphatic carbocycles. The molecule has 1 heterocycles. The smallest absolute Gasteiger partial charge is 0.00105 e. The molecule has 0 aromatic heterocycles. The normalized spacial score (nSPS) is 23.7. The van der Waals surface area contributed by atoms with Crippen molar-refractivity contribution in [3.8, 4) is 0 Å². The second-order valence-corrected chi connectivity index (χ2v) is 6.38. The number of hydrogen-bond acceptors (Lipinski definition) is 2. The van der Waals surface area contributed by atoms with Gasteiger partial charge in [-0.05, 0) is 57.3 Å². The van der Waals surface area contributed by atoms with Crippen molar-refractivity contribution < 1.29 is 0 Å². The van der Waals surface area contributed by atoms with Gasteiger partial charge in [-0.3, -0.25) is 0 Å². The molecule has 1 saturated carbocycles. The van der Waals surface area contributed by atoms with Crippen LogP contribution in [0.25, 0.3) is 0 Å². The Morgan fingerprint density at radius 1 is 0.944 bits per heavy atom. The molecular formula is C16H32N2. The molecule has 2 nitrogen and oxygen atoms in total. The van der Waals surface area contributed by atoms with Gasteiger partial charge in [-0.25, -0.2) is 0 Å². The Hall–Kier alpha value is -0.0800. The molecule has 2 aliphatic rings. The minimum absolute atomic E-state index is 0.956. The van der Waals surface area contributed by atoms with E-state index in [1.807, 2.05) is 0 Å². The number of rotatable bonds is 6. The van der Waals surface area contributed by atoms with E-state index in [4.69, 9.17) is 0 Å². The molecule has 0 bridgehead atoms. The lowest BCUT2D eigenvalue weighted by molar-refractivity contribution is 0.192. The van der Waals surface area contributed by atoms with Crippen molar-refractivity contribution in [2.24, 2.45) is 11.8 Å². The number of piperidine rings is 1. The quantitative estimate of drug-likeness (QED) is 0.780. The lowest BCUT2D eigenvalue weighted by atomic mass is 9.87. The first-order chi connectivity index (χ1) is 8.88. The molecule has 18 heavy (non-hydrogen) atoms. The van der Waals surface area contributed by atoms with Crippen molar-refractivity contribution in [2.75, 3.05) is 32.7 Å². The van der Waals surface area contributed by atoms with Gasteiger partial charge in [-0.1, -0.05) is 39.0 Å². The van der Waals surface area contributed by atoms with Gasteiger partial charge in [-0.15, -0.1) is 0 Å². The maximum absolute atomic E-state index is 3.47. The second-order valence-electron chi connectivity index (χ2n) is 6.38. The summed E-state index contributed by atoms with van der Waals surface area (Å²) in [6.45, 7) is 8.77. The highest BCUT2D eigenvalue weighted by atomic mass is 15.1. The number of hydrogen-bond donors (Lipinski definition) is 1. The first-order valence-electron chi connectivity index (χ1n) is 8.31. The standard InChI is InChI=1S/C16H32N2/c1-2-18(14-16-8-11-17-12-9-16)13-10-15-6-4-3-5-7-15/h15-17H,2-14H2,1H3. The molecule has 0 radical (unpaired) electrons. The van der Waals surface area contributed by atoms with E-state index in [2.05, 4.69) is 17.1 Å². The summed E-state index contributed by atoms with van der Waals surface area (Å²) in [6.07, 6.45) is 11.7. The van der Waals surface area contributed by atoms with Crippen LogP contribution in [0.1, 0.15) is 58.3 Å². The molecule has 0 aromatic carbocycles. The van der Waals surface area contributed by atoms with Crippen LogP contribution in [-0.2, 0) is 0 Å². The maximum Gasteiger partial charge on any atom is 0.00105 e. The highest BCUT2D eigenvalue weighted by Crippen LogP contribution is 2.26. The molecule has 1 saturated heterocycles. The first kappa shape index (κ1) is 14.3. The van der Waals surface area contributed by atoms with Gasteiger partial charge in [0.15, 0.2) is 0 Å². The molecule has 2 heteroatoms. The zero-order valence-corrected chi connectivity index (χ0v) is 12.3. The number of nitrogens with zero attached hydrogens (tertiary/aromatic N) is 1. The van der Waals surface area contributed by atoms with Crippen molar-refractivity contribution in [1.29, 1.82) is 0 Å². The van der Waals surface area contributed by atoms with E-state index in [0.717, 1.165) is 11.8 Å². The van der Waals surface area contributed by atoms with E-state index in [1.54, 1.807) is 0 Å². The zero-order valence-electron chi connectivity index (χ0n) is 12.3. The lowest BCUT2D eigenvalue weighted by Gasteiger charge is -2.31. The van der Waals surface area contributed by atoms with Crippen LogP contribution in [-0.4, -0.2) is 37.6 Å². The summed E-state index contributed by atoms with van der Waals surface area (Å²) in [4.78, 5) is 2.71. The Labute approximate surface area is 114 Å². The van der Waals surface area contributed by atoms with Crippen molar-refractivity contribution in [2.45, 2.75) is 58.3 Å². The molecule has 1 N–H and O–H groups in total. The van der Waals surface area contributed by atoms with Gasteiger partial charge in [0.05, 0.1) is 0 Å². The van der Waals surface area contributed by atoms with Crippen LogP contribution < -0.4 is 5.32 Å². The molecule has 2 rings (SSSR count). The van der Waals surface area contributed by atoms with Crippen molar-refractivity contribution in [3.05, 3.63) is 0 Å². The lowest BCUT2D eigenvalue weighted by Crippen LogP contribution is -2.37. The zero-order chi connectivity index (χ0) is 12.6. The van der Waals surface area contributed by atoms with Crippen LogP contribution in [0.3, 0.4) is 0 Å². The molecule has 0 atom stereocenters. The van der Waals surface area contributed by atoms with Gasteiger partial charge in [0.25, 0.3) is 0 Å². The van der Waals surface area contributed by atoms with Crippen LogP contribution >= 0.6 is 0 Å². The highest BCUT2D eigenvalue weighted by Gasteiger charge is 2.18. The van der Waals surface area contributed by atoms with Crippen LogP contribution in [0.5, 0.6) is 0 Å². The fourth-order valence-electron chi connectivity index (χ4n) is 3.65. The summed E-state index contributed by atoms with van der Waals surface area (Å²) >= 11 is 0. The van der Waals surface area contributed by atoms with Crippen LogP contribution in [0.4, 0.5) is 0 Å². The Morgan fingerprint density at radius 3 is 2.33 bits per heavy atom. The van der Waals surface area contributed by atoms with Crippen molar-refractivity contribution in [3.63, 3.8) is 0 Å². The van der Waals surface area contributed by atoms with Gasteiger partial charge >= 0.3 is 0 Å². The summed E-state index contributed by atoms with van der Waals surface area (Å²) in [7, 11) is 0. The van der Waals surface area contributed by atoms with Gasteiger partial charge in [0.1, 0.15) is 0 Å². The molecule has 0 amide bonds. The summed E-state index contributed by atoms with van der Waals surface area (Å²) in [5.74, 6) is 2.00. The van der Waals surface area contributed by atoms with E-state index in [0.29, 0.717) is 0 Å². The summed E-state index contributed by atoms with van der Waals surface area (Å²) in [5, 5.41) is 3.47. The van der Waals surface area contributed by atoms with Crippen LogP contribution in [0.2, 0.25) is 0 Å². The fourth-order valence-corrected chi connectivity index (χ4v) is 3.65. The third-order valence-corrected chi connectivity index (χ3v) is 5.00. The van der Waals surface area contributed by atoms with E-state index in [1.165, 1.54) is 84.1 Å². The van der Waals surface area contributed by atoms with E-state index in [9.17, 15) is 0 Å². The average Bonchev–Trinajstić information content (AvgIpc) is 2.45. The van der Waals surface area contributed by atoms with E-state index in [-0.39, 0.29) is 0 Å².